The third kappa shape index (κ3) is 3.58. The lowest BCUT2D eigenvalue weighted by molar-refractivity contribution is 0.358. The van der Waals surface area contributed by atoms with Gasteiger partial charge in [0.15, 0.2) is 5.82 Å². The molecule has 0 saturated heterocycles. The Kier molecular flexibility index (Phi) is 3.36. The number of benzene rings is 1. The molecule has 96 valence electrons. The standard InChI is InChI=1S/C14H18N2O2/c1-14(2,3)9-12-15-13(18-16-12)8-10-5-4-6-11(17)7-10/h4-7,17H,8-9H2,1-3H3. The Bertz CT molecular complexity index is 527. The number of hydrogen-bond acceptors (Lipinski definition) is 4. The molecule has 2 rings (SSSR count). The molecule has 4 heteroatoms. The lowest BCUT2D eigenvalue weighted by atomic mass is 9.92. The van der Waals surface area contributed by atoms with Gasteiger partial charge in [0.1, 0.15) is 5.75 Å². The van der Waals surface area contributed by atoms with E-state index in [0.717, 1.165) is 17.8 Å². The highest BCUT2D eigenvalue weighted by atomic mass is 16.5. The van der Waals surface area contributed by atoms with Crippen molar-refractivity contribution in [3.63, 3.8) is 0 Å². The highest BCUT2D eigenvalue weighted by Gasteiger charge is 2.16. The van der Waals surface area contributed by atoms with Crippen molar-refractivity contribution in [2.75, 3.05) is 0 Å². The molecule has 0 radical (unpaired) electrons. The van der Waals surface area contributed by atoms with Crippen LogP contribution in [0.4, 0.5) is 0 Å². The van der Waals surface area contributed by atoms with Crippen molar-refractivity contribution in [1.29, 1.82) is 0 Å². The zero-order valence-electron chi connectivity index (χ0n) is 11.0. The van der Waals surface area contributed by atoms with Crippen LogP contribution in [0.25, 0.3) is 0 Å². The normalized spacial score (nSPS) is 11.7. The first-order valence-electron chi connectivity index (χ1n) is 6.02. The molecule has 0 atom stereocenters. The topological polar surface area (TPSA) is 59.2 Å². The monoisotopic (exact) mass is 246 g/mol. The smallest absolute Gasteiger partial charge is 0.231 e. The molecule has 1 N–H and O–H groups in total. The van der Waals surface area contributed by atoms with Gasteiger partial charge < -0.3 is 9.63 Å². The predicted molar refractivity (Wildman–Crippen MR) is 68.4 cm³/mol. The van der Waals surface area contributed by atoms with E-state index in [1.165, 1.54) is 0 Å². The largest absolute Gasteiger partial charge is 0.508 e. The zero-order chi connectivity index (χ0) is 13.2. The molecule has 0 spiro atoms. The molecule has 0 fully saturated rings. The summed E-state index contributed by atoms with van der Waals surface area (Å²) >= 11 is 0. The minimum Gasteiger partial charge on any atom is -0.508 e. The van der Waals surface area contributed by atoms with Gasteiger partial charge in [0, 0.05) is 6.42 Å². The van der Waals surface area contributed by atoms with Gasteiger partial charge in [-0.05, 0) is 23.1 Å². The van der Waals surface area contributed by atoms with Crippen LogP contribution >= 0.6 is 0 Å². The van der Waals surface area contributed by atoms with Crippen LogP contribution in [0.15, 0.2) is 28.8 Å². The molecule has 1 heterocycles. The molecule has 2 aromatic rings. The number of phenols is 1. The number of aromatic nitrogens is 2. The molecule has 0 bridgehead atoms. The van der Waals surface area contributed by atoms with Gasteiger partial charge in [-0.3, -0.25) is 0 Å². The van der Waals surface area contributed by atoms with Gasteiger partial charge in [0.25, 0.3) is 0 Å². The second kappa shape index (κ2) is 4.80. The van der Waals surface area contributed by atoms with Crippen molar-refractivity contribution in [3.8, 4) is 5.75 Å². The summed E-state index contributed by atoms with van der Waals surface area (Å²) < 4.78 is 5.21. The highest BCUT2D eigenvalue weighted by Crippen LogP contribution is 2.19. The fourth-order valence-corrected chi connectivity index (χ4v) is 1.75. The van der Waals surface area contributed by atoms with E-state index >= 15 is 0 Å². The fraction of sp³-hybridized carbons (Fsp3) is 0.429. The van der Waals surface area contributed by atoms with Gasteiger partial charge in [0.05, 0.1) is 6.42 Å². The molecule has 0 aliphatic rings. The Morgan fingerprint density at radius 1 is 1.28 bits per heavy atom. The van der Waals surface area contributed by atoms with Crippen LogP contribution < -0.4 is 0 Å². The van der Waals surface area contributed by atoms with Crippen LogP contribution in [-0.4, -0.2) is 15.2 Å². The number of rotatable bonds is 3. The summed E-state index contributed by atoms with van der Waals surface area (Å²) in [6, 6.07) is 7.07. The van der Waals surface area contributed by atoms with E-state index in [0.29, 0.717) is 12.3 Å². The number of hydrogen-bond donors (Lipinski definition) is 1. The number of nitrogens with zero attached hydrogens (tertiary/aromatic N) is 2. The summed E-state index contributed by atoms with van der Waals surface area (Å²) in [4.78, 5) is 4.36. The Morgan fingerprint density at radius 3 is 2.72 bits per heavy atom. The fourth-order valence-electron chi connectivity index (χ4n) is 1.75. The maximum Gasteiger partial charge on any atom is 0.231 e. The Labute approximate surface area is 107 Å². The van der Waals surface area contributed by atoms with Crippen LogP contribution in [-0.2, 0) is 12.8 Å². The van der Waals surface area contributed by atoms with Crippen molar-refractivity contribution in [3.05, 3.63) is 41.5 Å². The summed E-state index contributed by atoms with van der Waals surface area (Å²) in [5, 5.41) is 13.4. The first-order valence-corrected chi connectivity index (χ1v) is 6.02. The van der Waals surface area contributed by atoms with Gasteiger partial charge in [-0.15, -0.1) is 0 Å². The van der Waals surface area contributed by atoms with Crippen molar-refractivity contribution >= 4 is 0 Å². The maximum atomic E-state index is 9.38. The third-order valence-electron chi connectivity index (χ3n) is 2.46. The van der Waals surface area contributed by atoms with Crippen molar-refractivity contribution in [1.82, 2.24) is 10.1 Å². The molecular formula is C14H18N2O2. The maximum absolute atomic E-state index is 9.38. The van der Waals surface area contributed by atoms with Crippen LogP contribution in [0.5, 0.6) is 5.75 Å². The predicted octanol–water partition coefficient (Wildman–Crippen LogP) is 2.95. The van der Waals surface area contributed by atoms with Crippen LogP contribution in [0.2, 0.25) is 0 Å². The van der Waals surface area contributed by atoms with Crippen molar-refractivity contribution in [2.24, 2.45) is 5.41 Å². The Hall–Kier alpha value is -1.84. The molecule has 1 aromatic heterocycles. The minimum atomic E-state index is 0.145. The summed E-state index contributed by atoms with van der Waals surface area (Å²) in [5.41, 5.74) is 1.10. The number of phenolic OH excluding ortho intramolecular Hbond substituents is 1. The van der Waals surface area contributed by atoms with Crippen molar-refractivity contribution in [2.45, 2.75) is 33.6 Å². The molecule has 0 saturated carbocycles. The molecule has 0 unspecified atom stereocenters. The van der Waals surface area contributed by atoms with E-state index in [4.69, 9.17) is 4.52 Å². The average molecular weight is 246 g/mol. The summed E-state index contributed by atoms with van der Waals surface area (Å²) in [6.45, 7) is 6.41. The van der Waals surface area contributed by atoms with Crippen LogP contribution in [0, 0.1) is 5.41 Å². The lowest BCUT2D eigenvalue weighted by Crippen LogP contribution is -2.10. The SMILES string of the molecule is CC(C)(C)Cc1noc(Cc2cccc(O)c2)n1. The van der Waals surface area contributed by atoms with Crippen molar-refractivity contribution < 1.29 is 9.63 Å². The average Bonchev–Trinajstić information content (AvgIpc) is 2.62. The van der Waals surface area contributed by atoms with Crippen LogP contribution in [0.1, 0.15) is 38.0 Å². The van der Waals surface area contributed by atoms with Gasteiger partial charge in [-0.25, -0.2) is 0 Å². The minimum absolute atomic E-state index is 0.145. The van der Waals surface area contributed by atoms with Crippen LogP contribution in [0.3, 0.4) is 0 Å². The lowest BCUT2D eigenvalue weighted by Gasteiger charge is -2.14. The molecule has 18 heavy (non-hydrogen) atoms. The number of aromatic hydroxyl groups is 1. The first-order chi connectivity index (χ1) is 8.42. The van der Waals surface area contributed by atoms with E-state index < -0.39 is 0 Å². The van der Waals surface area contributed by atoms with E-state index in [-0.39, 0.29) is 11.2 Å². The summed E-state index contributed by atoms with van der Waals surface area (Å²) in [5.74, 6) is 1.57. The third-order valence-corrected chi connectivity index (χ3v) is 2.46. The van der Waals surface area contributed by atoms with Gasteiger partial charge in [-0.2, -0.15) is 4.98 Å². The first kappa shape index (κ1) is 12.6. The summed E-state index contributed by atoms with van der Waals surface area (Å²) in [6.07, 6.45) is 1.34. The highest BCUT2D eigenvalue weighted by molar-refractivity contribution is 5.28. The Morgan fingerprint density at radius 2 is 2.06 bits per heavy atom. The zero-order valence-corrected chi connectivity index (χ0v) is 11.0. The van der Waals surface area contributed by atoms with E-state index in [2.05, 4.69) is 30.9 Å². The molecule has 0 aliphatic heterocycles. The second-order valence-corrected chi connectivity index (χ2v) is 5.69. The van der Waals surface area contributed by atoms with E-state index in [9.17, 15) is 5.11 Å². The van der Waals surface area contributed by atoms with Gasteiger partial charge in [-0.1, -0.05) is 38.1 Å². The molecule has 4 nitrogen and oxygen atoms in total. The molecule has 1 aromatic carbocycles. The molecule has 0 amide bonds. The van der Waals surface area contributed by atoms with E-state index in [1.807, 2.05) is 6.07 Å². The molecule has 0 aliphatic carbocycles. The quantitative estimate of drug-likeness (QED) is 0.904. The second-order valence-electron chi connectivity index (χ2n) is 5.69. The van der Waals surface area contributed by atoms with Gasteiger partial charge >= 0.3 is 0 Å². The van der Waals surface area contributed by atoms with Gasteiger partial charge in [0.2, 0.25) is 5.89 Å². The van der Waals surface area contributed by atoms with E-state index in [1.54, 1.807) is 18.2 Å². The molecular weight excluding hydrogens is 228 g/mol. The summed E-state index contributed by atoms with van der Waals surface area (Å²) in [7, 11) is 0. The Balaban J connectivity index is 2.07.